The first kappa shape index (κ1) is 20.4. The third kappa shape index (κ3) is 3.07. The van der Waals surface area contributed by atoms with Crippen LogP contribution in [0.1, 0.15) is 11.6 Å². The second-order valence-corrected chi connectivity index (χ2v) is 8.77. The van der Waals surface area contributed by atoms with Gasteiger partial charge in [0, 0.05) is 46.0 Å². The van der Waals surface area contributed by atoms with E-state index in [0.717, 1.165) is 49.8 Å². The molecule has 3 aromatic heterocycles. The molecule has 1 aliphatic heterocycles. The summed E-state index contributed by atoms with van der Waals surface area (Å²) in [7, 11) is 0. The van der Waals surface area contributed by atoms with Crippen LogP contribution in [-0.2, 0) is 11.3 Å². The summed E-state index contributed by atoms with van der Waals surface area (Å²) in [4.78, 5) is 21.3. The SMILES string of the molecule is C=CC(=O)NC1Cn2c(c(-c3cnc4ccccc4c3)c3c(N)nccc32)-c2cc(Cl)ccc21. The number of nitrogens with two attached hydrogens (primary N) is 1. The molecule has 3 N–H and O–H groups in total. The highest BCUT2D eigenvalue weighted by Gasteiger charge is 2.32. The Morgan fingerprint density at radius 1 is 1.18 bits per heavy atom. The van der Waals surface area contributed by atoms with Gasteiger partial charge in [-0.1, -0.05) is 42.4 Å². The van der Waals surface area contributed by atoms with Gasteiger partial charge in [-0.15, -0.1) is 0 Å². The standard InChI is InChI=1S/C27H20ClN5O/c1-2-23(34)32-21-14-33-22-9-10-30-27(29)25(22)24(26(33)19-12-17(28)7-8-18(19)21)16-11-15-5-3-4-6-20(15)31-13-16/h2-13,21H,1,14H2,(H2,29,30)(H,32,34). The Morgan fingerprint density at radius 3 is 2.88 bits per heavy atom. The summed E-state index contributed by atoms with van der Waals surface area (Å²) in [5.74, 6) is 0.212. The molecule has 34 heavy (non-hydrogen) atoms. The van der Waals surface area contributed by atoms with Gasteiger partial charge in [0.2, 0.25) is 5.91 Å². The van der Waals surface area contributed by atoms with Gasteiger partial charge in [0.25, 0.3) is 0 Å². The van der Waals surface area contributed by atoms with E-state index in [0.29, 0.717) is 17.4 Å². The number of nitrogens with zero attached hydrogens (tertiary/aromatic N) is 3. The van der Waals surface area contributed by atoms with Crippen molar-refractivity contribution in [1.82, 2.24) is 19.9 Å². The van der Waals surface area contributed by atoms with Crippen LogP contribution in [0.5, 0.6) is 0 Å². The van der Waals surface area contributed by atoms with Gasteiger partial charge in [0.05, 0.1) is 28.2 Å². The molecule has 1 aliphatic rings. The molecule has 1 atom stereocenters. The number of nitrogen functional groups attached to an aromatic ring is 1. The van der Waals surface area contributed by atoms with E-state index in [-0.39, 0.29) is 11.9 Å². The Kier molecular flexibility index (Phi) is 4.64. The molecular weight excluding hydrogens is 446 g/mol. The summed E-state index contributed by atoms with van der Waals surface area (Å²) in [6.07, 6.45) is 4.87. The van der Waals surface area contributed by atoms with Crippen LogP contribution in [0.25, 0.3) is 44.2 Å². The van der Waals surface area contributed by atoms with Crippen molar-refractivity contribution in [3.8, 4) is 22.4 Å². The number of carbonyl (C=O) groups is 1. The summed E-state index contributed by atoms with van der Waals surface area (Å²) in [6.45, 7) is 4.13. The van der Waals surface area contributed by atoms with Crippen LogP contribution in [-0.4, -0.2) is 20.4 Å². The zero-order valence-corrected chi connectivity index (χ0v) is 18.9. The van der Waals surface area contributed by atoms with Crippen molar-refractivity contribution in [3.05, 3.63) is 90.2 Å². The number of carbonyl (C=O) groups excluding carboxylic acids is 1. The summed E-state index contributed by atoms with van der Waals surface area (Å²) >= 11 is 6.47. The van der Waals surface area contributed by atoms with E-state index >= 15 is 0 Å². The summed E-state index contributed by atoms with van der Waals surface area (Å²) < 4.78 is 2.19. The van der Waals surface area contributed by atoms with Crippen molar-refractivity contribution in [3.63, 3.8) is 0 Å². The highest BCUT2D eigenvalue weighted by molar-refractivity contribution is 6.31. The Hall–Kier alpha value is -4.16. The molecule has 0 spiro atoms. The molecule has 2 aromatic carbocycles. The number of rotatable bonds is 3. The molecule has 1 unspecified atom stereocenters. The van der Waals surface area contributed by atoms with Crippen LogP contribution in [0.4, 0.5) is 5.82 Å². The lowest BCUT2D eigenvalue weighted by molar-refractivity contribution is -0.117. The molecule has 0 fully saturated rings. The second-order valence-electron chi connectivity index (χ2n) is 8.34. The van der Waals surface area contributed by atoms with Gasteiger partial charge in [-0.2, -0.15) is 0 Å². The first-order valence-corrected chi connectivity index (χ1v) is 11.3. The van der Waals surface area contributed by atoms with Crippen LogP contribution in [0.3, 0.4) is 0 Å². The molecule has 1 amide bonds. The third-order valence-electron chi connectivity index (χ3n) is 6.40. The van der Waals surface area contributed by atoms with E-state index in [9.17, 15) is 4.79 Å². The first-order valence-electron chi connectivity index (χ1n) is 10.9. The van der Waals surface area contributed by atoms with Crippen molar-refractivity contribution < 1.29 is 4.79 Å². The average Bonchev–Trinajstić information content (AvgIpc) is 3.19. The number of nitrogens with one attached hydrogen (secondary N) is 1. The lowest BCUT2D eigenvalue weighted by Crippen LogP contribution is -2.32. The molecule has 0 bridgehead atoms. The van der Waals surface area contributed by atoms with E-state index in [4.69, 9.17) is 22.3 Å². The molecule has 0 saturated heterocycles. The molecule has 166 valence electrons. The molecule has 6 rings (SSSR count). The fourth-order valence-corrected chi connectivity index (χ4v) is 5.13. The lowest BCUT2D eigenvalue weighted by atomic mass is 9.90. The Balaban J connectivity index is 1.70. The quantitative estimate of drug-likeness (QED) is 0.344. The van der Waals surface area contributed by atoms with E-state index in [2.05, 4.69) is 27.5 Å². The maximum Gasteiger partial charge on any atom is 0.243 e. The minimum absolute atomic E-state index is 0.231. The number of para-hydroxylation sites is 1. The average molecular weight is 466 g/mol. The smallest absolute Gasteiger partial charge is 0.243 e. The van der Waals surface area contributed by atoms with E-state index in [1.165, 1.54) is 6.08 Å². The summed E-state index contributed by atoms with van der Waals surface area (Å²) in [5.41, 5.74) is 13.1. The van der Waals surface area contributed by atoms with Crippen LogP contribution in [0, 0.1) is 0 Å². The Labute approximate surface area is 200 Å². The number of aromatic nitrogens is 3. The number of anilines is 1. The van der Waals surface area contributed by atoms with Gasteiger partial charge in [0.15, 0.2) is 0 Å². The fraction of sp³-hybridized carbons (Fsp3) is 0.0741. The molecule has 6 nitrogen and oxygen atoms in total. The van der Waals surface area contributed by atoms with Crippen molar-refractivity contribution in [2.45, 2.75) is 12.6 Å². The van der Waals surface area contributed by atoms with Gasteiger partial charge < -0.3 is 15.6 Å². The number of halogens is 1. The van der Waals surface area contributed by atoms with Gasteiger partial charge in [-0.3, -0.25) is 9.78 Å². The van der Waals surface area contributed by atoms with Crippen LogP contribution < -0.4 is 11.1 Å². The monoisotopic (exact) mass is 465 g/mol. The molecule has 4 heterocycles. The predicted molar refractivity (Wildman–Crippen MR) is 136 cm³/mol. The minimum atomic E-state index is -0.252. The zero-order valence-electron chi connectivity index (χ0n) is 18.1. The van der Waals surface area contributed by atoms with Crippen LogP contribution in [0.15, 0.2) is 79.6 Å². The summed E-state index contributed by atoms with van der Waals surface area (Å²) in [5, 5.41) is 5.56. The molecule has 0 saturated carbocycles. The maximum atomic E-state index is 12.2. The molecule has 0 aliphatic carbocycles. The Bertz CT molecular complexity index is 1640. The maximum absolute atomic E-state index is 12.2. The molecule has 0 radical (unpaired) electrons. The minimum Gasteiger partial charge on any atom is -0.383 e. The fourth-order valence-electron chi connectivity index (χ4n) is 4.95. The van der Waals surface area contributed by atoms with Crippen molar-refractivity contribution >= 4 is 45.1 Å². The first-order chi connectivity index (χ1) is 16.5. The van der Waals surface area contributed by atoms with E-state index < -0.39 is 0 Å². The number of fused-ring (bicyclic) bond motifs is 6. The number of amides is 1. The van der Waals surface area contributed by atoms with E-state index in [1.54, 1.807) is 6.20 Å². The number of hydrogen-bond acceptors (Lipinski definition) is 4. The van der Waals surface area contributed by atoms with Gasteiger partial charge in [0.1, 0.15) is 5.82 Å². The molecule has 7 heteroatoms. The van der Waals surface area contributed by atoms with Crippen molar-refractivity contribution in [2.24, 2.45) is 0 Å². The predicted octanol–water partition coefficient (Wildman–Crippen LogP) is 5.51. The van der Waals surface area contributed by atoms with Crippen LogP contribution >= 0.6 is 11.6 Å². The largest absolute Gasteiger partial charge is 0.383 e. The number of hydrogen-bond donors (Lipinski definition) is 2. The van der Waals surface area contributed by atoms with Crippen LogP contribution in [0.2, 0.25) is 5.02 Å². The van der Waals surface area contributed by atoms with Gasteiger partial charge in [-0.25, -0.2) is 4.98 Å². The highest BCUT2D eigenvalue weighted by atomic mass is 35.5. The zero-order chi connectivity index (χ0) is 23.4. The normalized spacial score (nSPS) is 14.6. The second kappa shape index (κ2) is 7.71. The molecule has 5 aromatic rings. The topological polar surface area (TPSA) is 85.8 Å². The van der Waals surface area contributed by atoms with Crippen molar-refractivity contribution in [1.29, 1.82) is 0 Å². The summed E-state index contributed by atoms with van der Waals surface area (Å²) in [6, 6.07) is 17.6. The molecular formula is C27H20ClN5O. The van der Waals surface area contributed by atoms with Gasteiger partial charge in [-0.05, 0) is 42.0 Å². The van der Waals surface area contributed by atoms with E-state index in [1.807, 2.05) is 54.7 Å². The highest BCUT2D eigenvalue weighted by Crippen LogP contribution is 2.48. The van der Waals surface area contributed by atoms with Gasteiger partial charge >= 0.3 is 0 Å². The lowest BCUT2D eigenvalue weighted by Gasteiger charge is -2.29. The number of pyridine rings is 2. The number of benzene rings is 2. The third-order valence-corrected chi connectivity index (χ3v) is 6.63. The Morgan fingerprint density at radius 2 is 2.03 bits per heavy atom. The van der Waals surface area contributed by atoms with Crippen molar-refractivity contribution in [2.75, 3.05) is 5.73 Å².